The molecule has 2 heterocycles. The van der Waals surface area contributed by atoms with Gasteiger partial charge in [0.1, 0.15) is 5.56 Å². The lowest BCUT2D eigenvalue weighted by atomic mass is 9.96. The number of piperidine rings is 1. The second-order valence-electron chi connectivity index (χ2n) is 5.65. The van der Waals surface area contributed by atoms with Crippen molar-refractivity contribution in [3.63, 3.8) is 0 Å². The smallest absolute Gasteiger partial charge is 0.309 e. The number of likely N-dealkylation sites (tertiary alicyclic amines) is 1. The van der Waals surface area contributed by atoms with Crippen LogP contribution in [-0.4, -0.2) is 46.8 Å². The maximum Gasteiger partial charge on any atom is 0.309 e. The number of carbonyl (C=O) groups is 3. The molecule has 1 aromatic heterocycles. The van der Waals surface area contributed by atoms with Crippen LogP contribution in [0.25, 0.3) is 0 Å². The van der Waals surface area contributed by atoms with Crippen molar-refractivity contribution in [3.05, 3.63) is 34.2 Å². The fraction of sp³-hybridized carbons (Fsp3) is 0.467. The zero-order chi connectivity index (χ0) is 17.0. The van der Waals surface area contributed by atoms with Gasteiger partial charge < -0.3 is 20.5 Å². The minimum absolute atomic E-state index is 0.162. The SMILES string of the molecule is Cn1cccc(C(=O)N2CCC(CNC(=O)C(N)=O)CC2)c1=O. The standard InChI is InChI=1S/C15H20N4O4/c1-18-6-2-3-11(14(18)22)15(23)19-7-4-10(5-8-19)9-17-13(21)12(16)20/h2-3,6,10H,4-5,7-9H2,1H3,(H2,16,20)(H,17,21). The number of nitrogens with one attached hydrogen (secondary N) is 1. The van der Waals surface area contributed by atoms with Crippen LogP contribution in [0.15, 0.2) is 23.1 Å². The number of hydrogen-bond acceptors (Lipinski definition) is 4. The Labute approximate surface area is 133 Å². The third kappa shape index (κ3) is 3.97. The van der Waals surface area contributed by atoms with Crippen LogP contribution in [0.4, 0.5) is 0 Å². The molecule has 0 spiro atoms. The quantitative estimate of drug-likeness (QED) is 0.684. The molecular formula is C15H20N4O4. The Bertz CT molecular complexity index is 674. The molecule has 8 nitrogen and oxygen atoms in total. The van der Waals surface area contributed by atoms with Gasteiger partial charge in [0.15, 0.2) is 0 Å². The summed E-state index contributed by atoms with van der Waals surface area (Å²) in [5, 5.41) is 2.47. The van der Waals surface area contributed by atoms with Crippen LogP contribution in [-0.2, 0) is 16.6 Å². The van der Waals surface area contributed by atoms with E-state index in [-0.39, 0.29) is 22.9 Å². The highest BCUT2D eigenvalue weighted by molar-refractivity contribution is 6.34. The number of carbonyl (C=O) groups excluding carboxylic acids is 3. The Kier molecular flexibility index (Phi) is 5.15. The highest BCUT2D eigenvalue weighted by Gasteiger charge is 2.25. The lowest BCUT2D eigenvalue weighted by Gasteiger charge is -2.32. The molecule has 2 rings (SSSR count). The van der Waals surface area contributed by atoms with Crippen LogP contribution in [0.5, 0.6) is 0 Å². The summed E-state index contributed by atoms with van der Waals surface area (Å²) in [5.74, 6) is -1.89. The number of aryl methyl sites for hydroxylation is 1. The lowest BCUT2D eigenvalue weighted by molar-refractivity contribution is -0.137. The summed E-state index contributed by atoms with van der Waals surface area (Å²) in [4.78, 5) is 47.8. The van der Waals surface area contributed by atoms with E-state index in [1.807, 2.05) is 0 Å². The van der Waals surface area contributed by atoms with Crippen molar-refractivity contribution in [2.24, 2.45) is 18.7 Å². The number of nitrogens with two attached hydrogens (primary N) is 1. The minimum Gasteiger partial charge on any atom is -0.361 e. The van der Waals surface area contributed by atoms with E-state index in [1.165, 1.54) is 10.6 Å². The van der Waals surface area contributed by atoms with Gasteiger partial charge in [0.2, 0.25) is 0 Å². The van der Waals surface area contributed by atoms with Crippen LogP contribution in [0.3, 0.4) is 0 Å². The van der Waals surface area contributed by atoms with Crippen LogP contribution in [0.2, 0.25) is 0 Å². The molecule has 1 fully saturated rings. The number of amides is 3. The predicted molar refractivity (Wildman–Crippen MR) is 82.5 cm³/mol. The first-order chi connectivity index (χ1) is 10.9. The normalized spacial score (nSPS) is 15.3. The number of primary amides is 1. The highest BCUT2D eigenvalue weighted by atomic mass is 16.2. The number of hydrogen-bond donors (Lipinski definition) is 2. The molecule has 0 unspecified atom stereocenters. The Morgan fingerprint density at radius 3 is 2.57 bits per heavy atom. The second kappa shape index (κ2) is 7.08. The summed E-state index contributed by atoms with van der Waals surface area (Å²) in [5.41, 5.74) is 4.72. The molecule has 0 aliphatic carbocycles. The fourth-order valence-corrected chi connectivity index (χ4v) is 2.59. The Morgan fingerprint density at radius 1 is 1.30 bits per heavy atom. The Morgan fingerprint density at radius 2 is 1.96 bits per heavy atom. The van der Waals surface area contributed by atoms with Gasteiger partial charge >= 0.3 is 11.8 Å². The van der Waals surface area contributed by atoms with E-state index in [9.17, 15) is 19.2 Å². The monoisotopic (exact) mass is 320 g/mol. The molecule has 1 aliphatic heterocycles. The molecule has 1 aromatic rings. The molecule has 3 amide bonds. The molecule has 0 aromatic carbocycles. The van der Waals surface area contributed by atoms with E-state index in [4.69, 9.17) is 5.73 Å². The van der Waals surface area contributed by atoms with Gasteiger partial charge in [0, 0.05) is 32.9 Å². The first-order valence-corrected chi connectivity index (χ1v) is 7.42. The van der Waals surface area contributed by atoms with Gasteiger partial charge in [-0.2, -0.15) is 0 Å². The summed E-state index contributed by atoms with van der Waals surface area (Å²) >= 11 is 0. The third-order valence-corrected chi connectivity index (χ3v) is 4.03. The average molecular weight is 320 g/mol. The van der Waals surface area contributed by atoms with Crippen molar-refractivity contribution in [2.45, 2.75) is 12.8 Å². The van der Waals surface area contributed by atoms with E-state index < -0.39 is 11.8 Å². The van der Waals surface area contributed by atoms with E-state index in [0.29, 0.717) is 32.5 Å². The van der Waals surface area contributed by atoms with Crippen molar-refractivity contribution < 1.29 is 14.4 Å². The Hall–Kier alpha value is -2.64. The van der Waals surface area contributed by atoms with Gasteiger partial charge in [-0.1, -0.05) is 0 Å². The van der Waals surface area contributed by atoms with Gasteiger partial charge in [-0.15, -0.1) is 0 Å². The van der Waals surface area contributed by atoms with Crippen LogP contribution in [0, 0.1) is 5.92 Å². The largest absolute Gasteiger partial charge is 0.361 e. The second-order valence-corrected chi connectivity index (χ2v) is 5.65. The fourth-order valence-electron chi connectivity index (χ4n) is 2.59. The van der Waals surface area contributed by atoms with Gasteiger partial charge in [0.05, 0.1) is 0 Å². The van der Waals surface area contributed by atoms with E-state index >= 15 is 0 Å². The molecule has 1 saturated heterocycles. The topological polar surface area (TPSA) is 114 Å². The summed E-state index contributed by atoms with van der Waals surface area (Å²) in [6.45, 7) is 1.37. The van der Waals surface area contributed by atoms with Crippen molar-refractivity contribution in [3.8, 4) is 0 Å². The molecule has 0 bridgehead atoms. The first kappa shape index (κ1) is 16.7. The first-order valence-electron chi connectivity index (χ1n) is 7.42. The van der Waals surface area contributed by atoms with Crippen molar-refractivity contribution in [2.75, 3.05) is 19.6 Å². The van der Waals surface area contributed by atoms with E-state index in [1.54, 1.807) is 24.2 Å². The number of pyridine rings is 1. The molecule has 124 valence electrons. The van der Waals surface area contributed by atoms with Gasteiger partial charge in [-0.25, -0.2) is 0 Å². The zero-order valence-electron chi connectivity index (χ0n) is 12.9. The van der Waals surface area contributed by atoms with Gasteiger partial charge in [0.25, 0.3) is 11.5 Å². The number of rotatable bonds is 3. The highest BCUT2D eigenvalue weighted by Crippen LogP contribution is 2.17. The van der Waals surface area contributed by atoms with Crippen LogP contribution in [0.1, 0.15) is 23.2 Å². The van der Waals surface area contributed by atoms with Crippen molar-refractivity contribution >= 4 is 17.7 Å². The van der Waals surface area contributed by atoms with Crippen LogP contribution < -0.4 is 16.6 Å². The van der Waals surface area contributed by atoms with Crippen molar-refractivity contribution in [1.82, 2.24) is 14.8 Å². The summed E-state index contributed by atoms with van der Waals surface area (Å²) in [6, 6.07) is 3.20. The number of aromatic nitrogens is 1. The molecule has 0 saturated carbocycles. The minimum atomic E-state index is -1.00. The molecule has 23 heavy (non-hydrogen) atoms. The van der Waals surface area contributed by atoms with Gasteiger partial charge in [-0.05, 0) is 30.9 Å². The summed E-state index contributed by atoms with van der Waals surface area (Å²) < 4.78 is 1.37. The van der Waals surface area contributed by atoms with E-state index in [2.05, 4.69) is 5.32 Å². The van der Waals surface area contributed by atoms with E-state index in [0.717, 1.165) is 0 Å². The molecular weight excluding hydrogens is 300 g/mol. The molecule has 0 atom stereocenters. The number of nitrogens with zero attached hydrogens (tertiary/aromatic N) is 2. The molecule has 3 N–H and O–H groups in total. The average Bonchev–Trinajstić information content (AvgIpc) is 2.55. The third-order valence-electron chi connectivity index (χ3n) is 4.03. The molecule has 0 radical (unpaired) electrons. The van der Waals surface area contributed by atoms with Crippen molar-refractivity contribution in [1.29, 1.82) is 0 Å². The van der Waals surface area contributed by atoms with Gasteiger partial charge in [-0.3, -0.25) is 19.2 Å². The molecule has 1 aliphatic rings. The predicted octanol–water partition coefficient (Wildman–Crippen LogP) is -1.16. The Balaban J connectivity index is 1.90. The molecule has 8 heteroatoms. The summed E-state index contributed by atoms with van der Waals surface area (Å²) in [6.07, 6.45) is 2.99. The maximum absolute atomic E-state index is 12.4. The van der Waals surface area contributed by atoms with Crippen LogP contribution >= 0.6 is 0 Å². The lowest BCUT2D eigenvalue weighted by Crippen LogP contribution is -2.44. The zero-order valence-corrected chi connectivity index (χ0v) is 12.9. The maximum atomic E-state index is 12.4. The summed E-state index contributed by atoms with van der Waals surface area (Å²) in [7, 11) is 1.60.